The van der Waals surface area contributed by atoms with E-state index in [1.165, 1.54) is 0 Å². The first-order valence-corrected chi connectivity index (χ1v) is 9.00. The Morgan fingerprint density at radius 3 is 2.75 bits per heavy atom. The second-order valence-corrected chi connectivity index (χ2v) is 6.58. The molecule has 6 nitrogen and oxygen atoms in total. The van der Waals surface area contributed by atoms with Crippen LogP contribution in [0.2, 0.25) is 5.02 Å². The Bertz CT molecular complexity index is 1130. The summed E-state index contributed by atoms with van der Waals surface area (Å²) in [6.45, 7) is 1.67. The summed E-state index contributed by atoms with van der Waals surface area (Å²) in [4.78, 5) is 20.9. The van der Waals surface area contributed by atoms with E-state index >= 15 is 0 Å². The molecule has 0 fully saturated rings. The molecule has 2 aromatic heterocycles. The summed E-state index contributed by atoms with van der Waals surface area (Å²) in [5, 5.41) is 3.38. The number of pyridine rings is 1. The number of hydrogen-bond donors (Lipinski definition) is 1. The molecule has 0 aliphatic carbocycles. The lowest BCUT2D eigenvalue weighted by molar-refractivity contribution is -0.122. The molecule has 4 aromatic rings. The lowest BCUT2D eigenvalue weighted by Crippen LogP contribution is -2.30. The molecule has 0 radical (unpaired) electrons. The van der Waals surface area contributed by atoms with Crippen molar-refractivity contribution < 1.29 is 13.9 Å². The van der Waals surface area contributed by atoms with Crippen molar-refractivity contribution in [1.82, 2.24) is 9.97 Å². The second kappa shape index (κ2) is 7.70. The van der Waals surface area contributed by atoms with Gasteiger partial charge >= 0.3 is 0 Å². The van der Waals surface area contributed by atoms with E-state index in [4.69, 9.17) is 20.8 Å². The number of rotatable bonds is 5. The van der Waals surface area contributed by atoms with Crippen molar-refractivity contribution in [3.05, 3.63) is 72.0 Å². The van der Waals surface area contributed by atoms with Crippen molar-refractivity contribution in [2.24, 2.45) is 0 Å². The summed E-state index contributed by atoms with van der Waals surface area (Å²) in [6.07, 6.45) is 2.66. The lowest BCUT2D eigenvalue weighted by Gasteiger charge is -2.14. The number of nitrogens with zero attached hydrogens (tertiary/aromatic N) is 2. The van der Waals surface area contributed by atoms with E-state index in [1.54, 1.807) is 61.8 Å². The van der Waals surface area contributed by atoms with Crippen molar-refractivity contribution in [2.45, 2.75) is 13.0 Å². The molecule has 0 saturated carbocycles. The minimum atomic E-state index is -0.696. The monoisotopic (exact) mass is 393 g/mol. The standard InChI is InChI=1S/C21H16ClN3O3/c1-13(27-17-4-2-3-15(22)11-17)20(26)24-16-5-6-19-18(12-16)25-21(28-19)14-7-9-23-10-8-14/h2-13H,1H3,(H,24,26)/t13-/m0/s1. The van der Waals surface area contributed by atoms with Crippen LogP contribution in [-0.4, -0.2) is 22.0 Å². The second-order valence-electron chi connectivity index (χ2n) is 6.14. The fourth-order valence-corrected chi connectivity index (χ4v) is 2.85. The van der Waals surface area contributed by atoms with Crippen LogP contribution in [0.4, 0.5) is 5.69 Å². The number of fused-ring (bicyclic) bond motifs is 1. The fraction of sp³-hybridized carbons (Fsp3) is 0.0952. The number of ether oxygens (including phenoxy) is 1. The van der Waals surface area contributed by atoms with Crippen LogP contribution in [0.25, 0.3) is 22.6 Å². The number of benzene rings is 2. The average molecular weight is 394 g/mol. The van der Waals surface area contributed by atoms with E-state index in [9.17, 15) is 4.79 Å². The summed E-state index contributed by atoms with van der Waals surface area (Å²) in [5.74, 6) is 0.750. The molecule has 4 rings (SSSR count). The minimum absolute atomic E-state index is 0.280. The van der Waals surface area contributed by atoms with E-state index < -0.39 is 6.10 Å². The van der Waals surface area contributed by atoms with Gasteiger partial charge in [0.25, 0.3) is 5.91 Å². The molecule has 28 heavy (non-hydrogen) atoms. The maximum absolute atomic E-state index is 12.4. The molecule has 1 amide bonds. The molecular formula is C21H16ClN3O3. The molecule has 0 aliphatic rings. The molecule has 0 bridgehead atoms. The fourth-order valence-electron chi connectivity index (χ4n) is 2.66. The molecule has 1 atom stereocenters. The van der Waals surface area contributed by atoms with E-state index in [0.29, 0.717) is 33.4 Å². The highest BCUT2D eigenvalue weighted by atomic mass is 35.5. The minimum Gasteiger partial charge on any atom is -0.481 e. The van der Waals surface area contributed by atoms with Crippen molar-refractivity contribution in [1.29, 1.82) is 0 Å². The molecule has 0 saturated heterocycles. The first kappa shape index (κ1) is 18.0. The molecule has 2 aromatic carbocycles. The molecule has 1 N–H and O–H groups in total. The van der Waals surface area contributed by atoms with Crippen LogP contribution in [0.1, 0.15) is 6.92 Å². The van der Waals surface area contributed by atoms with Crippen LogP contribution in [0.5, 0.6) is 5.75 Å². The SMILES string of the molecule is C[C@H](Oc1cccc(Cl)c1)C(=O)Nc1ccc2oc(-c3ccncc3)nc2c1. The van der Waals surface area contributed by atoms with Crippen LogP contribution < -0.4 is 10.1 Å². The highest BCUT2D eigenvalue weighted by molar-refractivity contribution is 6.30. The zero-order valence-corrected chi connectivity index (χ0v) is 15.7. The first-order valence-electron chi connectivity index (χ1n) is 8.62. The number of carbonyl (C=O) groups is 1. The van der Waals surface area contributed by atoms with Gasteiger partial charge in [-0.2, -0.15) is 0 Å². The highest BCUT2D eigenvalue weighted by Gasteiger charge is 2.16. The summed E-state index contributed by atoms with van der Waals surface area (Å²) < 4.78 is 11.4. The van der Waals surface area contributed by atoms with Crippen LogP contribution in [-0.2, 0) is 4.79 Å². The van der Waals surface area contributed by atoms with Gasteiger partial charge < -0.3 is 14.5 Å². The maximum atomic E-state index is 12.4. The van der Waals surface area contributed by atoms with Crippen molar-refractivity contribution in [2.75, 3.05) is 5.32 Å². The van der Waals surface area contributed by atoms with Gasteiger partial charge in [0.1, 0.15) is 11.3 Å². The average Bonchev–Trinajstić information content (AvgIpc) is 3.12. The molecule has 0 unspecified atom stereocenters. The summed E-state index contributed by atoms with van der Waals surface area (Å²) in [7, 11) is 0. The number of carbonyl (C=O) groups excluding carboxylic acids is 1. The molecule has 0 aliphatic heterocycles. The Morgan fingerprint density at radius 2 is 1.96 bits per heavy atom. The molecule has 2 heterocycles. The Balaban J connectivity index is 1.48. The van der Waals surface area contributed by atoms with Gasteiger partial charge in [-0.25, -0.2) is 4.98 Å². The topological polar surface area (TPSA) is 77.2 Å². The Morgan fingerprint density at radius 1 is 1.14 bits per heavy atom. The quantitative estimate of drug-likeness (QED) is 0.519. The van der Waals surface area contributed by atoms with Crippen LogP contribution >= 0.6 is 11.6 Å². The third-order valence-electron chi connectivity index (χ3n) is 4.06. The first-order chi connectivity index (χ1) is 13.6. The normalized spacial score (nSPS) is 11.9. The van der Waals surface area contributed by atoms with Gasteiger partial charge in [0.05, 0.1) is 0 Å². The molecule has 0 spiro atoms. The molecule has 140 valence electrons. The van der Waals surface area contributed by atoms with Gasteiger partial charge in [-0.15, -0.1) is 0 Å². The Hall–Kier alpha value is -3.38. The summed E-state index contributed by atoms with van der Waals surface area (Å²) in [5.41, 5.74) is 2.72. The van der Waals surface area contributed by atoms with Crippen molar-refractivity contribution in [3.63, 3.8) is 0 Å². The highest BCUT2D eigenvalue weighted by Crippen LogP contribution is 2.26. The Labute approximate surface area is 166 Å². The number of nitrogens with one attached hydrogen (secondary N) is 1. The van der Waals surface area contributed by atoms with Gasteiger partial charge in [-0.05, 0) is 55.5 Å². The zero-order valence-electron chi connectivity index (χ0n) is 14.9. The third kappa shape index (κ3) is 3.97. The number of halogens is 1. The van der Waals surface area contributed by atoms with Gasteiger partial charge in [-0.3, -0.25) is 9.78 Å². The van der Waals surface area contributed by atoms with E-state index in [0.717, 1.165) is 5.56 Å². The van der Waals surface area contributed by atoms with Crippen molar-refractivity contribution in [3.8, 4) is 17.2 Å². The number of hydrogen-bond acceptors (Lipinski definition) is 5. The smallest absolute Gasteiger partial charge is 0.265 e. The Kier molecular flexibility index (Phi) is 4.95. The van der Waals surface area contributed by atoms with Crippen LogP contribution in [0, 0.1) is 0 Å². The zero-order chi connectivity index (χ0) is 19.5. The summed E-state index contributed by atoms with van der Waals surface area (Å²) >= 11 is 5.94. The summed E-state index contributed by atoms with van der Waals surface area (Å²) in [6, 6.07) is 15.8. The van der Waals surface area contributed by atoms with Crippen LogP contribution in [0.3, 0.4) is 0 Å². The largest absolute Gasteiger partial charge is 0.481 e. The van der Waals surface area contributed by atoms with Crippen molar-refractivity contribution >= 4 is 34.3 Å². The lowest BCUT2D eigenvalue weighted by atomic mass is 10.2. The van der Waals surface area contributed by atoms with Crippen LogP contribution in [0.15, 0.2) is 71.4 Å². The van der Waals surface area contributed by atoms with E-state index in [1.807, 2.05) is 12.1 Å². The van der Waals surface area contributed by atoms with Gasteiger partial charge in [0, 0.05) is 28.7 Å². The number of anilines is 1. The predicted molar refractivity (Wildman–Crippen MR) is 107 cm³/mol. The van der Waals surface area contributed by atoms with Gasteiger partial charge in [0.15, 0.2) is 11.7 Å². The third-order valence-corrected chi connectivity index (χ3v) is 4.30. The number of oxazole rings is 1. The molecule has 7 heteroatoms. The van der Waals surface area contributed by atoms with E-state index in [2.05, 4.69) is 15.3 Å². The van der Waals surface area contributed by atoms with E-state index in [-0.39, 0.29) is 5.91 Å². The number of aromatic nitrogens is 2. The predicted octanol–water partition coefficient (Wildman–Crippen LogP) is 4.95. The number of amides is 1. The maximum Gasteiger partial charge on any atom is 0.265 e. The molecular weight excluding hydrogens is 378 g/mol. The van der Waals surface area contributed by atoms with Gasteiger partial charge in [0.2, 0.25) is 5.89 Å². The van der Waals surface area contributed by atoms with Gasteiger partial charge in [-0.1, -0.05) is 17.7 Å².